The third-order valence-corrected chi connectivity index (χ3v) is 6.22. The van der Waals surface area contributed by atoms with Gasteiger partial charge in [-0.1, -0.05) is 25.2 Å². The normalized spacial score (nSPS) is 21.8. The predicted molar refractivity (Wildman–Crippen MR) is 77.1 cm³/mol. The lowest BCUT2D eigenvalue weighted by Crippen LogP contribution is -2.32. The summed E-state index contributed by atoms with van der Waals surface area (Å²) in [5, 5.41) is 0.730. The summed E-state index contributed by atoms with van der Waals surface area (Å²) < 4.78 is 23.0. The Hall–Kier alpha value is -0.950. The highest BCUT2D eigenvalue weighted by Crippen LogP contribution is 2.31. The molecule has 0 saturated carbocycles. The molecule has 1 saturated heterocycles. The van der Waals surface area contributed by atoms with E-state index in [9.17, 15) is 13.2 Å². The summed E-state index contributed by atoms with van der Waals surface area (Å²) >= 11 is 1.33. The zero-order valence-corrected chi connectivity index (χ0v) is 12.9. The van der Waals surface area contributed by atoms with E-state index in [2.05, 4.69) is 4.98 Å². The Bertz CT molecular complexity index is 578. The Morgan fingerprint density at radius 3 is 2.58 bits per heavy atom. The van der Waals surface area contributed by atoms with Gasteiger partial charge in [0, 0.05) is 13.1 Å². The molecule has 0 aliphatic carbocycles. The Morgan fingerprint density at radius 2 is 2.16 bits per heavy atom. The van der Waals surface area contributed by atoms with Crippen molar-refractivity contribution in [3.05, 3.63) is 10.6 Å². The van der Waals surface area contributed by atoms with Crippen molar-refractivity contribution in [2.75, 3.05) is 23.5 Å². The fourth-order valence-corrected chi connectivity index (χ4v) is 5.06. The number of thiazole rings is 1. The van der Waals surface area contributed by atoms with Crippen LogP contribution in [0, 0.1) is 0 Å². The van der Waals surface area contributed by atoms with Crippen molar-refractivity contribution in [2.24, 2.45) is 0 Å². The second-order valence-corrected chi connectivity index (χ2v) is 8.42. The number of hydrogen-bond acceptors (Lipinski definition) is 6. The van der Waals surface area contributed by atoms with E-state index in [4.69, 9.17) is 0 Å². The highest BCUT2D eigenvalue weighted by molar-refractivity contribution is 7.91. The van der Waals surface area contributed by atoms with Crippen molar-refractivity contribution >= 4 is 32.6 Å². The zero-order chi connectivity index (χ0) is 14.2. The molecule has 0 aromatic carbocycles. The molecule has 5 nitrogen and oxygen atoms in total. The molecule has 2 heterocycles. The first-order valence-electron chi connectivity index (χ1n) is 6.23. The third kappa shape index (κ3) is 2.97. The first-order chi connectivity index (χ1) is 8.84. The molecule has 1 aromatic rings. The number of carbonyl (C=O) groups is 1. The molecule has 19 heavy (non-hydrogen) atoms. The van der Waals surface area contributed by atoms with Crippen LogP contribution < -0.4 is 4.90 Å². The second kappa shape index (κ2) is 5.20. The van der Waals surface area contributed by atoms with Gasteiger partial charge in [-0.25, -0.2) is 13.4 Å². The maximum absolute atomic E-state index is 11.5. The summed E-state index contributed by atoms with van der Waals surface area (Å²) in [5.41, 5.74) is 0.794. The van der Waals surface area contributed by atoms with Crippen LogP contribution in [0.15, 0.2) is 0 Å². The van der Waals surface area contributed by atoms with Crippen LogP contribution in [-0.2, 0) is 9.84 Å². The quantitative estimate of drug-likeness (QED) is 0.792. The van der Waals surface area contributed by atoms with Gasteiger partial charge in [-0.15, -0.1) is 0 Å². The number of aldehydes is 1. The number of anilines is 1. The number of aromatic nitrogens is 1. The van der Waals surface area contributed by atoms with E-state index in [0.717, 1.165) is 17.1 Å². The summed E-state index contributed by atoms with van der Waals surface area (Å²) in [7, 11) is -1.06. The Morgan fingerprint density at radius 1 is 1.47 bits per heavy atom. The lowest BCUT2D eigenvalue weighted by Gasteiger charge is -2.22. The van der Waals surface area contributed by atoms with Crippen molar-refractivity contribution < 1.29 is 13.2 Å². The maximum Gasteiger partial charge on any atom is 0.186 e. The SMILES string of the molecule is CC(C)c1nc(N(C)C2CCS(=O)(=O)C2)sc1C=O. The molecule has 0 spiro atoms. The van der Waals surface area contributed by atoms with E-state index in [1.165, 1.54) is 11.3 Å². The van der Waals surface area contributed by atoms with Gasteiger partial charge in [0.05, 0.1) is 22.1 Å². The average molecular weight is 302 g/mol. The van der Waals surface area contributed by atoms with E-state index >= 15 is 0 Å². The van der Waals surface area contributed by atoms with Crippen LogP contribution in [0.25, 0.3) is 0 Å². The molecule has 0 N–H and O–H groups in total. The molecular weight excluding hydrogens is 284 g/mol. The van der Waals surface area contributed by atoms with Crippen LogP contribution in [0.5, 0.6) is 0 Å². The molecule has 0 amide bonds. The van der Waals surface area contributed by atoms with Crippen LogP contribution in [0.3, 0.4) is 0 Å². The van der Waals surface area contributed by atoms with Crippen LogP contribution in [0.4, 0.5) is 5.13 Å². The zero-order valence-electron chi connectivity index (χ0n) is 11.3. The molecule has 1 aromatic heterocycles. The standard InChI is InChI=1S/C12H18N2O3S2/c1-8(2)11-10(6-15)18-12(13-11)14(3)9-4-5-19(16,17)7-9/h6,8-9H,4-5,7H2,1-3H3. The van der Waals surface area contributed by atoms with Gasteiger partial charge < -0.3 is 4.90 Å². The van der Waals surface area contributed by atoms with Gasteiger partial charge in [0.1, 0.15) is 0 Å². The Balaban J connectivity index is 2.25. The summed E-state index contributed by atoms with van der Waals surface area (Å²) in [6.07, 6.45) is 1.46. The fourth-order valence-electron chi connectivity index (χ4n) is 2.22. The smallest absolute Gasteiger partial charge is 0.186 e. The lowest BCUT2D eigenvalue weighted by atomic mass is 10.1. The number of sulfone groups is 1. The number of carbonyl (C=O) groups excluding carboxylic acids is 1. The summed E-state index contributed by atoms with van der Waals surface area (Å²) in [6.45, 7) is 3.98. The van der Waals surface area contributed by atoms with E-state index < -0.39 is 9.84 Å². The van der Waals surface area contributed by atoms with Gasteiger partial charge in [0.25, 0.3) is 0 Å². The summed E-state index contributed by atoms with van der Waals surface area (Å²) in [5.74, 6) is 0.604. The van der Waals surface area contributed by atoms with Crippen molar-refractivity contribution in [1.29, 1.82) is 0 Å². The predicted octanol–water partition coefficient (Wildman–Crippen LogP) is 1.70. The molecule has 106 valence electrons. The van der Waals surface area contributed by atoms with Crippen LogP contribution >= 0.6 is 11.3 Å². The molecular formula is C12H18N2O3S2. The minimum atomic E-state index is -2.91. The first-order valence-corrected chi connectivity index (χ1v) is 8.87. The molecule has 0 bridgehead atoms. The summed E-state index contributed by atoms with van der Waals surface area (Å²) in [4.78, 5) is 18.1. The largest absolute Gasteiger partial charge is 0.347 e. The molecule has 1 unspecified atom stereocenters. The van der Waals surface area contributed by atoms with E-state index in [1.807, 2.05) is 25.8 Å². The van der Waals surface area contributed by atoms with Crippen LogP contribution in [0.1, 0.15) is 41.6 Å². The molecule has 1 fully saturated rings. The van der Waals surface area contributed by atoms with Crippen molar-refractivity contribution in [3.8, 4) is 0 Å². The van der Waals surface area contributed by atoms with Gasteiger partial charge in [-0.3, -0.25) is 4.79 Å². The van der Waals surface area contributed by atoms with Gasteiger partial charge >= 0.3 is 0 Å². The van der Waals surface area contributed by atoms with E-state index in [-0.39, 0.29) is 23.5 Å². The fraction of sp³-hybridized carbons (Fsp3) is 0.667. The van der Waals surface area contributed by atoms with Gasteiger partial charge in [-0.05, 0) is 12.3 Å². The monoisotopic (exact) mass is 302 g/mol. The van der Waals surface area contributed by atoms with E-state index in [0.29, 0.717) is 11.3 Å². The number of hydrogen-bond donors (Lipinski definition) is 0. The highest BCUT2D eigenvalue weighted by atomic mass is 32.2. The summed E-state index contributed by atoms with van der Waals surface area (Å²) in [6, 6.07) is -0.0318. The molecule has 2 rings (SSSR count). The Labute approximate surface area is 117 Å². The van der Waals surface area contributed by atoms with Gasteiger partial charge in [-0.2, -0.15) is 0 Å². The average Bonchev–Trinajstić information content (AvgIpc) is 2.91. The molecule has 1 aliphatic heterocycles. The Kier molecular flexibility index (Phi) is 3.96. The second-order valence-electron chi connectivity index (χ2n) is 5.19. The number of rotatable bonds is 4. The molecule has 1 aliphatic rings. The molecule has 7 heteroatoms. The van der Waals surface area contributed by atoms with Crippen LogP contribution in [-0.4, -0.2) is 44.3 Å². The third-order valence-electron chi connectivity index (χ3n) is 3.38. The minimum absolute atomic E-state index is 0.0318. The van der Waals surface area contributed by atoms with E-state index in [1.54, 1.807) is 0 Å². The van der Waals surface area contributed by atoms with Crippen molar-refractivity contribution in [1.82, 2.24) is 4.98 Å². The lowest BCUT2D eigenvalue weighted by molar-refractivity contribution is 0.112. The highest BCUT2D eigenvalue weighted by Gasteiger charge is 2.32. The molecule has 0 radical (unpaired) electrons. The van der Waals surface area contributed by atoms with Gasteiger partial charge in [0.2, 0.25) is 0 Å². The molecule has 1 atom stereocenters. The first kappa shape index (κ1) is 14.5. The maximum atomic E-state index is 11.5. The van der Waals surface area contributed by atoms with Crippen molar-refractivity contribution in [2.45, 2.75) is 32.2 Å². The minimum Gasteiger partial charge on any atom is -0.347 e. The van der Waals surface area contributed by atoms with Crippen LogP contribution in [0.2, 0.25) is 0 Å². The topological polar surface area (TPSA) is 67.3 Å². The van der Waals surface area contributed by atoms with Gasteiger partial charge in [0.15, 0.2) is 21.3 Å². The van der Waals surface area contributed by atoms with Crippen molar-refractivity contribution in [3.63, 3.8) is 0 Å². The number of nitrogens with zero attached hydrogens (tertiary/aromatic N) is 2.